The maximum Gasteiger partial charge on any atom is 0.276 e. The van der Waals surface area contributed by atoms with Crippen LogP contribution < -0.4 is 5.32 Å². The van der Waals surface area contributed by atoms with Crippen LogP contribution in [0, 0.1) is 0 Å². The van der Waals surface area contributed by atoms with Crippen molar-refractivity contribution in [3.8, 4) is 5.69 Å². The number of aromatic nitrogens is 5. The minimum Gasteiger partial charge on any atom is -0.289 e. The molecule has 0 aliphatic heterocycles. The maximum absolute atomic E-state index is 12.4. The molecule has 106 valence electrons. The number of thioether (sulfide) groups is 1. The highest BCUT2D eigenvalue weighted by Gasteiger charge is 2.18. The number of hydrogen-bond acceptors (Lipinski definition) is 5. The van der Waals surface area contributed by atoms with E-state index in [1.54, 1.807) is 10.8 Å². The molecule has 0 aliphatic rings. The maximum atomic E-state index is 12.4. The normalized spacial score (nSPS) is 10.5. The van der Waals surface area contributed by atoms with E-state index >= 15 is 0 Å². The van der Waals surface area contributed by atoms with Crippen molar-refractivity contribution in [2.24, 2.45) is 0 Å². The molecule has 0 fully saturated rings. The number of anilines is 1. The first-order valence-electron chi connectivity index (χ1n) is 6.13. The van der Waals surface area contributed by atoms with Gasteiger partial charge in [0.05, 0.1) is 6.20 Å². The molecule has 2 N–H and O–H groups in total. The van der Waals surface area contributed by atoms with Crippen LogP contribution in [0.5, 0.6) is 0 Å². The largest absolute Gasteiger partial charge is 0.289 e. The first kappa shape index (κ1) is 13.4. The third kappa shape index (κ3) is 2.65. The third-order valence-electron chi connectivity index (χ3n) is 2.81. The van der Waals surface area contributed by atoms with Crippen molar-refractivity contribution in [1.29, 1.82) is 0 Å². The molecule has 1 aromatic carbocycles. The number of hydrogen-bond donors (Lipinski definition) is 2. The standard InChI is InChI=1S/C13H12N6OS/c1-21-13-14-7-10(11(20)17-12-15-8-16-18-12)19(13)9-5-3-2-4-6-9/h2-8H,1H3,(H2,15,16,17,18,20). The Labute approximate surface area is 124 Å². The number of aromatic amines is 1. The molecule has 3 aromatic rings. The monoisotopic (exact) mass is 300 g/mol. The Kier molecular flexibility index (Phi) is 3.69. The van der Waals surface area contributed by atoms with E-state index in [1.165, 1.54) is 18.1 Å². The van der Waals surface area contributed by atoms with Crippen molar-refractivity contribution >= 4 is 23.6 Å². The average Bonchev–Trinajstić information content (AvgIpc) is 3.16. The first-order valence-corrected chi connectivity index (χ1v) is 7.36. The molecule has 0 aliphatic carbocycles. The van der Waals surface area contributed by atoms with Gasteiger partial charge in [0.2, 0.25) is 5.95 Å². The summed E-state index contributed by atoms with van der Waals surface area (Å²) in [6, 6.07) is 9.60. The van der Waals surface area contributed by atoms with Crippen molar-refractivity contribution in [3.05, 3.63) is 48.5 Å². The van der Waals surface area contributed by atoms with Gasteiger partial charge in [0, 0.05) is 5.69 Å². The van der Waals surface area contributed by atoms with Crippen molar-refractivity contribution in [3.63, 3.8) is 0 Å². The molecule has 0 bridgehead atoms. The predicted octanol–water partition coefficient (Wildman–Crippen LogP) is 1.96. The summed E-state index contributed by atoms with van der Waals surface area (Å²) in [5.74, 6) is -0.00471. The average molecular weight is 300 g/mol. The van der Waals surface area contributed by atoms with E-state index in [1.807, 2.05) is 36.6 Å². The molecule has 2 aromatic heterocycles. The van der Waals surface area contributed by atoms with Gasteiger partial charge in [0.25, 0.3) is 5.91 Å². The molecule has 21 heavy (non-hydrogen) atoms. The van der Waals surface area contributed by atoms with E-state index in [2.05, 4.69) is 25.5 Å². The number of carbonyl (C=O) groups excluding carboxylic acids is 1. The SMILES string of the molecule is CSc1ncc(C(=O)Nc2ncn[nH]2)n1-c1ccccc1. The Morgan fingerprint density at radius 3 is 2.76 bits per heavy atom. The van der Waals surface area contributed by atoms with Gasteiger partial charge in [-0.15, -0.1) is 0 Å². The molecular formula is C13H12N6OS. The van der Waals surface area contributed by atoms with Crippen LogP contribution in [0.2, 0.25) is 0 Å². The van der Waals surface area contributed by atoms with E-state index < -0.39 is 0 Å². The van der Waals surface area contributed by atoms with Gasteiger partial charge in [-0.25, -0.2) is 10.1 Å². The fraction of sp³-hybridized carbons (Fsp3) is 0.0769. The van der Waals surface area contributed by atoms with E-state index in [-0.39, 0.29) is 5.91 Å². The van der Waals surface area contributed by atoms with Crippen molar-refractivity contribution < 1.29 is 4.79 Å². The van der Waals surface area contributed by atoms with Gasteiger partial charge in [-0.2, -0.15) is 10.1 Å². The van der Waals surface area contributed by atoms with E-state index in [4.69, 9.17) is 0 Å². The summed E-state index contributed by atoms with van der Waals surface area (Å²) >= 11 is 1.47. The molecule has 1 amide bonds. The molecule has 7 nitrogen and oxygen atoms in total. The summed E-state index contributed by atoms with van der Waals surface area (Å²) in [6.07, 6.45) is 4.79. The van der Waals surface area contributed by atoms with E-state index in [9.17, 15) is 4.79 Å². The van der Waals surface area contributed by atoms with Gasteiger partial charge in [0.15, 0.2) is 5.16 Å². The zero-order valence-electron chi connectivity index (χ0n) is 11.1. The Hall–Kier alpha value is -2.61. The summed E-state index contributed by atoms with van der Waals surface area (Å²) in [5, 5.41) is 9.67. The van der Waals surface area contributed by atoms with Gasteiger partial charge >= 0.3 is 0 Å². The van der Waals surface area contributed by atoms with Crippen LogP contribution in [0.4, 0.5) is 5.95 Å². The number of amides is 1. The summed E-state index contributed by atoms with van der Waals surface area (Å²) in [5.41, 5.74) is 1.31. The lowest BCUT2D eigenvalue weighted by Crippen LogP contribution is -2.17. The van der Waals surface area contributed by atoms with Crippen LogP contribution in [-0.4, -0.2) is 36.9 Å². The Morgan fingerprint density at radius 2 is 2.10 bits per heavy atom. The van der Waals surface area contributed by atoms with Gasteiger partial charge in [0.1, 0.15) is 12.0 Å². The second-order valence-corrected chi connectivity index (χ2v) is 4.86. The molecule has 0 radical (unpaired) electrons. The molecule has 2 heterocycles. The molecule has 0 saturated carbocycles. The summed E-state index contributed by atoms with van der Waals surface area (Å²) < 4.78 is 1.80. The Bertz CT molecular complexity index is 737. The van der Waals surface area contributed by atoms with E-state index in [0.29, 0.717) is 11.6 Å². The number of imidazole rings is 1. The number of para-hydroxylation sites is 1. The number of benzene rings is 1. The Morgan fingerprint density at radius 1 is 1.29 bits per heavy atom. The minimum absolute atomic E-state index is 0.298. The molecule has 0 atom stereocenters. The lowest BCUT2D eigenvalue weighted by Gasteiger charge is -2.10. The van der Waals surface area contributed by atoms with Gasteiger partial charge < -0.3 is 0 Å². The number of H-pyrrole nitrogens is 1. The lowest BCUT2D eigenvalue weighted by atomic mass is 10.3. The van der Waals surface area contributed by atoms with E-state index in [0.717, 1.165) is 10.8 Å². The second kappa shape index (κ2) is 5.80. The summed E-state index contributed by atoms with van der Waals surface area (Å²) in [6.45, 7) is 0. The van der Waals surface area contributed by atoms with Gasteiger partial charge in [-0.3, -0.25) is 14.7 Å². The molecular weight excluding hydrogens is 288 g/mol. The Balaban J connectivity index is 1.99. The van der Waals surface area contributed by atoms with Gasteiger partial charge in [-0.05, 0) is 18.4 Å². The lowest BCUT2D eigenvalue weighted by molar-refractivity contribution is 0.101. The third-order valence-corrected chi connectivity index (χ3v) is 3.46. The zero-order valence-corrected chi connectivity index (χ0v) is 12.0. The molecule has 0 saturated heterocycles. The summed E-state index contributed by atoms with van der Waals surface area (Å²) in [7, 11) is 0. The highest BCUT2D eigenvalue weighted by Crippen LogP contribution is 2.21. The van der Waals surface area contributed by atoms with Crippen LogP contribution in [-0.2, 0) is 0 Å². The van der Waals surface area contributed by atoms with Crippen molar-refractivity contribution in [2.75, 3.05) is 11.6 Å². The van der Waals surface area contributed by atoms with Crippen molar-refractivity contribution in [1.82, 2.24) is 24.7 Å². The smallest absolute Gasteiger partial charge is 0.276 e. The van der Waals surface area contributed by atoms with Crippen LogP contribution in [0.1, 0.15) is 10.5 Å². The zero-order chi connectivity index (χ0) is 14.7. The highest BCUT2D eigenvalue weighted by molar-refractivity contribution is 7.98. The molecule has 0 unspecified atom stereocenters. The highest BCUT2D eigenvalue weighted by atomic mass is 32.2. The predicted molar refractivity (Wildman–Crippen MR) is 79.7 cm³/mol. The fourth-order valence-electron chi connectivity index (χ4n) is 1.90. The number of rotatable bonds is 4. The van der Waals surface area contributed by atoms with Crippen LogP contribution >= 0.6 is 11.8 Å². The minimum atomic E-state index is -0.302. The quantitative estimate of drug-likeness (QED) is 0.719. The summed E-state index contributed by atoms with van der Waals surface area (Å²) in [4.78, 5) is 20.5. The fourth-order valence-corrected chi connectivity index (χ4v) is 2.45. The van der Waals surface area contributed by atoms with Gasteiger partial charge in [-0.1, -0.05) is 30.0 Å². The van der Waals surface area contributed by atoms with Crippen LogP contribution in [0.15, 0.2) is 48.0 Å². The van der Waals surface area contributed by atoms with Crippen molar-refractivity contribution in [2.45, 2.75) is 5.16 Å². The number of nitrogens with zero attached hydrogens (tertiary/aromatic N) is 4. The number of carbonyl (C=O) groups is 1. The molecule has 0 spiro atoms. The van der Waals surface area contributed by atoms with Crippen LogP contribution in [0.25, 0.3) is 5.69 Å². The number of nitrogens with one attached hydrogen (secondary N) is 2. The first-order chi connectivity index (χ1) is 10.3. The molecule has 8 heteroatoms. The molecule has 3 rings (SSSR count). The van der Waals surface area contributed by atoms with Crippen LogP contribution in [0.3, 0.4) is 0 Å². The second-order valence-electron chi connectivity index (χ2n) is 4.09. The topological polar surface area (TPSA) is 88.5 Å².